The van der Waals surface area contributed by atoms with Crippen molar-refractivity contribution in [2.45, 2.75) is 0 Å². The summed E-state index contributed by atoms with van der Waals surface area (Å²) in [6.45, 7) is 3.73. The lowest BCUT2D eigenvalue weighted by Crippen LogP contribution is -2.37. The Labute approximate surface area is 133 Å². The predicted octanol–water partition coefficient (Wildman–Crippen LogP) is 1.37. The average Bonchev–Trinajstić information content (AvgIpc) is 2.62. The molecule has 1 aliphatic heterocycles. The van der Waals surface area contributed by atoms with E-state index >= 15 is 0 Å². The first kappa shape index (κ1) is 15.4. The van der Waals surface area contributed by atoms with Crippen LogP contribution in [0.1, 0.15) is 0 Å². The molecule has 1 aliphatic rings. The van der Waals surface area contributed by atoms with E-state index in [0.29, 0.717) is 51.2 Å². The smallest absolute Gasteiger partial charge is 0.224 e. The Balaban J connectivity index is 1.53. The summed E-state index contributed by atoms with van der Waals surface area (Å²) in [6.07, 6.45) is 4.68. The molecule has 8 heteroatoms. The quantitative estimate of drug-likeness (QED) is 0.779. The maximum absolute atomic E-state index is 13.9. The van der Waals surface area contributed by atoms with Gasteiger partial charge >= 0.3 is 0 Å². The monoisotopic (exact) mass is 318 g/mol. The third-order valence-corrected chi connectivity index (χ3v) is 3.43. The number of morpholine rings is 1. The lowest BCUT2D eigenvalue weighted by atomic mass is 10.4. The van der Waals surface area contributed by atoms with E-state index in [4.69, 9.17) is 4.74 Å². The van der Waals surface area contributed by atoms with Gasteiger partial charge in [-0.25, -0.2) is 9.37 Å². The summed E-state index contributed by atoms with van der Waals surface area (Å²) < 4.78 is 19.2. The lowest BCUT2D eigenvalue weighted by Gasteiger charge is -2.28. The number of hydrogen-bond donors (Lipinski definition) is 2. The third-order valence-electron chi connectivity index (χ3n) is 3.43. The fourth-order valence-corrected chi connectivity index (χ4v) is 2.29. The molecule has 2 aromatic rings. The van der Waals surface area contributed by atoms with Crippen molar-refractivity contribution < 1.29 is 9.13 Å². The molecule has 0 unspecified atom stereocenters. The zero-order valence-corrected chi connectivity index (χ0v) is 12.7. The molecule has 2 N–H and O–H groups in total. The van der Waals surface area contributed by atoms with Gasteiger partial charge in [0, 0.05) is 38.6 Å². The number of pyridine rings is 1. The van der Waals surface area contributed by atoms with Crippen LogP contribution in [-0.2, 0) is 4.74 Å². The van der Waals surface area contributed by atoms with Gasteiger partial charge in [0.1, 0.15) is 0 Å². The lowest BCUT2D eigenvalue weighted by molar-refractivity contribution is 0.122. The highest BCUT2D eigenvalue weighted by Crippen LogP contribution is 2.18. The maximum Gasteiger partial charge on any atom is 0.224 e. The van der Waals surface area contributed by atoms with Gasteiger partial charge in [-0.05, 0) is 12.1 Å². The van der Waals surface area contributed by atoms with Crippen LogP contribution in [0.4, 0.5) is 21.8 Å². The molecule has 23 heavy (non-hydrogen) atoms. The van der Waals surface area contributed by atoms with Crippen LogP contribution in [0.15, 0.2) is 30.7 Å². The second kappa shape index (κ2) is 7.68. The highest BCUT2D eigenvalue weighted by atomic mass is 19.1. The summed E-state index contributed by atoms with van der Waals surface area (Å²) in [6, 6.07) is 3.81. The van der Waals surface area contributed by atoms with E-state index in [1.807, 2.05) is 17.0 Å². The van der Waals surface area contributed by atoms with Crippen molar-refractivity contribution in [1.29, 1.82) is 0 Å². The van der Waals surface area contributed by atoms with Crippen LogP contribution in [0.5, 0.6) is 0 Å². The molecule has 3 heterocycles. The maximum atomic E-state index is 13.9. The van der Waals surface area contributed by atoms with Gasteiger partial charge in [-0.2, -0.15) is 4.98 Å². The van der Waals surface area contributed by atoms with E-state index in [1.165, 1.54) is 6.20 Å². The predicted molar refractivity (Wildman–Crippen MR) is 86.2 cm³/mol. The fourth-order valence-electron chi connectivity index (χ4n) is 2.29. The molecule has 0 aliphatic carbocycles. The molecule has 3 rings (SSSR count). The van der Waals surface area contributed by atoms with Crippen molar-refractivity contribution in [1.82, 2.24) is 15.0 Å². The van der Waals surface area contributed by atoms with Crippen molar-refractivity contribution in [2.75, 3.05) is 54.9 Å². The Bertz CT molecular complexity index is 621. The minimum Gasteiger partial charge on any atom is -0.382 e. The number of rotatable bonds is 6. The Kier molecular flexibility index (Phi) is 5.15. The second-order valence-corrected chi connectivity index (χ2v) is 5.06. The van der Waals surface area contributed by atoms with Crippen LogP contribution in [0.3, 0.4) is 0 Å². The largest absolute Gasteiger partial charge is 0.382 e. The number of hydrogen-bond acceptors (Lipinski definition) is 7. The molecule has 0 aromatic carbocycles. The summed E-state index contributed by atoms with van der Waals surface area (Å²) in [4.78, 5) is 14.2. The number of ether oxygens (including phenoxy) is 1. The van der Waals surface area contributed by atoms with E-state index in [1.54, 1.807) is 12.4 Å². The number of anilines is 3. The van der Waals surface area contributed by atoms with Gasteiger partial charge in [0.05, 0.1) is 25.1 Å². The van der Waals surface area contributed by atoms with Crippen molar-refractivity contribution in [2.24, 2.45) is 0 Å². The van der Waals surface area contributed by atoms with Gasteiger partial charge in [0.15, 0.2) is 11.6 Å². The van der Waals surface area contributed by atoms with Gasteiger partial charge in [0.2, 0.25) is 5.95 Å². The van der Waals surface area contributed by atoms with E-state index < -0.39 is 5.82 Å². The summed E-state index contributed by atoms with van der Waals surface area (Å²) in [5, 5.41) is 6.31. The van der Waals surface area contributed by atoms with Crippen molar-refractivity contribution in [3.8, 4) is 0 Å². The van der Waals surface area contributed by atoms with E-state index in [2.05, 4.69) is 25.6 Å². The second-order valence-electron chi connectivity index (χ2n) is 5.06. The summed E-state index contributed by atoms with van der Waals surface area (Å²) in [5.41, 5.74) is 0.948. The Hall–Kier alpha value is -2.48. The standard InChI is InChI=1S/C15H19FN6O/c16-13-11-20-15(21-14(13)22-6-8-23-9-7-22)19-5-4-18-12-2-1-3-17-10-12/h1-3,10-11,18H,4-9H2,(H,19,20,21). The average molecular weight is 318 g/mol. The molecule has 0 spiro atoms. The molecule has 0 radical (unpaired) electrons. The minimum absolute atomic E-state index is 0.325. The van der Waals surface area contributed by atoms with E-state index in [9.17, 15) is 4.39 Å². The molecule has 122 valence electrons. The molecule has 0 amide bonds. The summed E-state index contributed by atoms with van der Waals surface area (Å²) in [5.74, 6) is 0.331. The van der Waals surface area contributed by atoms with Gasteiger partial charge < -0.3 is 20.3 Å². The third kappa shape index (κ3) is 4.26. The Morgan fingerprint density at radius 1 is 1.17 bits per heavy atom. The highest BCUT2D eigenvalue weighted by molar-refractivity contribution is 5.44. The van der Waals surface area contributed by atoms with Gasteiger partial charge in [-0.15, -0.1) is 0 Å². The van der Waals surface area contributed by atoms with E-state index in [0.717, 1.165) is 5.69 Å². The van der Waals surface area contributed by atoms with Crippen molar-refractivity contribution in [3.05, 3.63) is 36.5 Å². The Morgan fingerprint density at radius 2 is 2.00 bits per heavy atom. The molecule has 0 bridgehead atoms. The zero-order valence-electron chi connectivity index (χ0n) is 12.7. The summed E-state index contributed by atoms with van der Waals surface area (Å²) in [7, 11) is 0. The zero-order chi connectivity index (χ0) is 15.9. The molecule has 0 atom stereocenters. The summed E-state index contributed by atoms with van der Waals surface area (Å²) >= 11 is 0. The van der Waals surface area contributed by atoms with Crippen LogP contribution in [0, 0.1) is 5.82 Å². The highest BCUT2D eigenvalue weighted by Gasteiger charge is 2.17. The molecular formula is C15H19FN6O. The molecule has 1 saturated heterocycles. The van der Waals surface area contributed by atoms with Crippen LogP contribution in [0.25, 0.3) is 0 Å². The van der Waals surface area contributed by atoms with Crippen LogP contribution < -0.4 is 15.5 Å². The van der Waals surface area contributed by atoms with Crippen LogP contribution in [-0.4, -0.2) is 54.3 Å². The Morgan fingerprint density at radius 3 is 2.78 bits per heavy atom. The van der Waals surface area contributed by atoms with Crippen molar-refractivity contribution in [3.63, 3.8) is 0 Å². The van der Waals surface area contributed by atoms with Gasteiger partial charge in [0.25, 0.3) is 0 Å². The molecule has 0 saturated carbocycles. The first-order valence-corrected chi connectivity index (χ1v) is 7.56. The first-order valence-electron chi connectivity index (χ1n) is 7.56. The molecule has 7 nitrogen and oxygen atoms in total. The first-order chi connectivity index (χ1) is 11.3. The van der Waals surface area contributed by atoms with Crippen LogP contribution in [0.2, 0.25) is 0 Å². The molecular weight excluding hydrogens is 299 g/mol. The fraction of sp³-hybridized carbons (Fsp3) is 0.400. The molecule has 1 fully saturated rings. The number of aromatic nitrogens is 3. The van der Waals surface area contributed by atoms with Gasteiger partial charge in [-0.3, -0.25) is 4.98 Å². The minimum atomic E-state index is -0.411. The van der Waals surface area contributed by atoms with Gasteiger partial charge in [-0.1, -0.05) is 0 Å². The normalized spacial score (nSPS) is 14.6. The molecule has 2 aromatic heterocycles. The number of halogens is 1. The number of nitrogens with zero attached hydrogens (tertiary/aromatic N) is 4. The van der Waals surface area contributed by atoms with Crippen LogP contribution >= 0.6 is 0 Å². The number of nitrogens with one attached hydrogen (secondary N) is 2. The van der Waals surface area contributed by atoms with Crippen molar-refractivity contribution >= 4 is 17.5 Å². The SMILES string of the molecule is Fc1cnc(NCCNc2cccnc2)nc1N1CCOCC1. The van der Waals surface area contributed by atoms with E-state index in [-0.39, 0.29) is 0 Å². The topological polar surface area (TPSA) is 75.2 Å².